The molecule has 0 unspecified atom stereocenters. The minimum Gasteiger partial charge on any atom is -0.396 e. The summed E-state index contributed by atoms with van der Waals surface area (Å²) in [5.41, 5.74) is 3.21. The van der Waals surface area contributed by atoms with Crippen LogP contribution in [-0.2, 0) is 6.61 Å². The molecule has 0 bridgehead atoms. The predicted octanol–water partition coefficient (Wildman–Crippen LogP) is 3.13. The van der Waals surface area contributed by atoms with Crippen molar-refractivity contribution in [3.63, 3.8) is 0 Å². The van der Waals surface area contributed by atoms with Crippen LogP contribution >= 0.6 is 0 Å². The van der Waals surface area contributed by atoms with Crippen LogP contribution in [0.5, 0.6) is 0 Å². The van der Waals surface area contributed by atoms with Gasteiger partial charge >= 0.3 is 0 Å². The predicted molar refractivity (Wildman–Crippen MR) is 71.6 cm³/mol. The lowest BCUT2D eigenvalue weighted by Crippen LogP contribution is -1.92. The van der Waals surface area contributed by atoms with Crippen molar-refractivity contribution in [2.45, 2.75) is 39.2 Å². The first kappa shape index (κ1) is 13.9. The van der Waals surface area contributed by atoms with E-state index in [1.165, 1.54) is 18.4 Å². The summed E-state index contributed by atoms with van der Waals surface area (Å²) in [5.74, 6) is 0. The molecule has 0 atom stereocenters. The van der Waals surface area contributed by atoms with E-state index >= 15 is 0 Å². The number of rotatable bonds is 7. The summed E-state index contributed by atoms with van der Waals surface area (Å²) in [6, 6.07) is 7.89. The first-order chi connectivity index (χ1) is 8.31. The highest BCUT2D eigenvalue weighted by Gasteiger charge is 2.02. The minimum absolute atomic E-state index is 0.0647. The van der Waals surface area contributed by atoms with E-state index in [1.54, 1.807) is 0 Å². The molecular formula is C15H22O2. The van der Waals surface area contributed by atoms with Gasteiger partial charge in [0.15, 0.2) is 0 Å². The molecule has 0 aliphatic heterocycles. The van der Waals surface area contributed by atoms with Crippen LogP contribution in [-0.4, -0.2) is 16.8 Å². The van der Waals surface area contributed by atoms with E-state index in [2.05, 4.69) is 13.0 Å². The fourth-order valence-electron chi connectivity index (χ4n) is 1.83. The molecule has 2 heteroatoms. The van der Waals surface area contributed by atoms with E-state index in [-0.39, 0.29) is 13.2 Å². The van der Waals surface area contributed by atoms with Gasteiger partial charge in [0.2, 0.25) is 0 Å². The van der Waals surface area contributed by atoms with Gasteiger partial charge in [-0.15, -0.1) is 0 Å². The zero-order valence-electron chi connectivity index (χ0n) is 10.5. The van der Waals surface area contributed by atoms with Crippen LogP contribution in [0.3, 0.4) is 0 Å². The van der Waals surface area contributed by atoms with Gasteiger partial charge in [-0.05, 0) is 35.6 Å². The number of benzene rings is 1. The normalized spacial score (nSPS) is 11.8. The van der Waals surface area contributed by atoms with Gasteiger partial charge in [0.25, 0.3) is 0 Å². The molecule has 1 rings (SSSR count). The average molecular weight is 234 g/mol. The van der Waals surface area contributed by atoms with Crippen LogP contribution < -0.4 is 0 Å². The Morgan fingerprint density at radius 1 is 1.29 bits per heavy atom. The van der Waals surface area contributed by atoms with Gasteiger partial charge in [-0.3, -0.25) is 0 Å². The second kappa shape index (κ2) is 8.04. The van der Waals surface area contributed by atoms with Gasteiger partial charge in [-0.2, -0.15) is 0 Å². The topological polar surface area (TPSA) is 40.5 Å². The first-order valence-corrected chi connectivity index (χ1v) is 6.31. The Bertz CT molecular complexity index is 356. The smallest absolute Gasteiger partial charge is 0.0682 e. The quantitative estimate of drug-likeness (QED) is 0.712. The molecule has 2 nitrogen and oxygen atoms in total. The largest absolute Gasteiger partial charge is 0.396 e. The molecule has 0 heterocycles. The summed E-state index contributed by atoms with van der Waals surface area (Å²) in [5, 5.41) is 18.2. The third kappa shape index (κ3) is 4.72. The summed E-state index contributed by atoms with van der Waals surface area (Å²) in [4.78, 5) is 0. The Kier molecular flexibility index (Phi) is 6.60. The van der Waals surface area contributed by atoms with E-state index in [9.17, 15) is 0 Å². The summed E-state index contributed by atoms with van der Waals surface area (Å²) in [6.07, 6.45) is 6.29. The van der Waals surface area contributed by atoms with Crippen LogP contribution in [0.2, 0.25) is 0 Å². The van der Waals surface area contributed by atoms with Crippen LogP contribution in [0.4, 0.5) is 0 Å². The molecule has 1 aromatic rings. The Hall–Kier alpha value is -1.12. The van der Waals surface area contributed by atoms with Crippen molar-refractivity contribution in [1.29, 1.82) is 0 Å². The molecule has 0 fully saturated rings. The molecule has 0 saturated carbocycles. The van der Waals surface area contributed by atoms with Crippen molar-refractivity contribution in [2.24, 2.45) is 0 Å². The lowest BCUT2D eigenvalue weighted by molar-refractivity contribution is 0.282. The summed E-state index contributed by atoms with van der Waals surface area (Å²) in [6.45, 7) is 2.41. The molecule has 0 aliphatic rings. The lowest BCUT2D eigenvalue weighted by atomic mass is 9.99. The van der Waals surface area contributed by atoms with Crippen molar-refractivity contribution in [1.82, 2.24) is 0 Å². The summed E-state index contributed by atoms with van der Waals surface area (Å²) < 4.78 is 0. The number of hydrogen-bond donors (Lipinski definition) is 2. The third-order valence-corrected chi connectivity index (χ3v) is 2.81. The average Bonchev–Trinajstić information content (AvgIpc) is 2.38. The molecule has 1 aromatic carbocycles. The molecule has 17 heavy (non-hydrogen) atoms. The molecule has 0 amide bonds. The van der Waals surface area contributed by atoms with Crippen molar-refractivity contribution in [2.75, 3.05) is 6.61 Å². The Morgan fingerprint density at radius 2 is 2.12 bits per heavy atom. The zero-order chi connectivity index (χ0) is 12.5. The van der Waals surface area contributed by atoms with Gasteiger partial charge in [-0.25, -0.2) is 0 Å². The van der Waals surface area contributed by atoms with Gasteiger partial charge in [-0.1, -0.05) is 44.0 Å². The second-order valence-corrected chi connectivity index (χ2v) is 4.20. The van der Waals surface area contributed by atoms with Crippen LogP contribution in [0, 0.1) is 0 Å². The molecule has 0 saturated heterocycles. The number of hydrogen-bond acceptors (Lipinski definition) is 2. The van der Waals surface area contributed by atoms with Gasteiger partial charge in [0.1, 0.15) is 0 Å². The molecule has 94 valence electrons. The van der Waals surface area contributed by atoms with Gasteiger partial charge in [0.05, 0.1) is 6.61 Å². The highest BCUT2D eigenvalue weighted by Crippen LogP contribution is 2.20. The maximum absolute atomic E-state index is 9.12. The molecular weight excluding hydrogens is 212 g/mol. The second-order valence-electron chi connectivity index (χ2n) is 4.20. The molecule has 0 aliphatic carbocycles. The van der Waals surface area contributed by atoms with E-state index in [4.69, 9.17) is 10.2 Å². The molecule has 0 radical (unpaired) electrons. The fourth-order valence-corrected chi connectivity index (χ4v) is 1.83. The van der Waals surface area contributed by atoms with Crippen LogP contribution in [0.1, 0.15) is 43.7 Å². The Balaban J connectivity index is 2.84. The number of aliphatic hydroxyl groups excluding tert-OH is 2. The van der Waals surface area contributed by atoms with Crippen LogP contribution in [0.25, 0.3) is 5.57 Å². The maximum atomic E-state index is 9.12. The first-order valence-electron chi connectivity index (χ1n) is 6.31. The minimum atomic E-state index is 0.0647. The molecule has 0 aromatic heterocycles. The summed E-state index contributed by atoms with van der Waals surface area (Å²) >= 11 is 0. The fraction of sp³-hybridized carbons (Fsp3) is 0.467. The molecule has 0 spiro atoms. The standard InChI is InChI=1S/C15H22O2/c1-2-3-4-7-14(9-10-16)15-8-5-6-13(11-15)12-17/h5-8,11,16-17H,2-4,9-10,12H2,1H3/b14-7-. The van der Waals surface area contributed by atoms with Gasteiger partial charge < -0.3 is 10.2 Å². The van der Waals surface area contributed by atoms with Crippen molar-refractivity contribution >= 4 is 5.57 Å². The number of unbranched alkanes of at least 4 members (excludes halogenated alkanes) is 2. The Morgan fingerprint density at radius 3 is 2.76 bits per heavy atom. The van der Waals surface area contributed by atoms with E-state index in [1.807, 2.05) is 24.3 Å². The lowest BCUT2D eigenvalue weighted by Gasteiger charge is -2.08. The van der Waals surface area contributed by atoms with Crippen molar-refractivity contribution in [3.05, 3.63) is 41.5 Å². The maximum Gasteiger partial charge on any atom is 0.0682 e. The molecule has 2 N–H and O–H groups in total. The third-order valence-electron chi connectivity index (χ3n) is 2.81. The monoisotopic (exact) mass is 234 g/mol. The number of aliphatic hydroxyl groups is 2. The Labute approximate surface area is 104 Å². The van der Waals surface area contributed by atoms with Crippen LogP contribution in [0.15, 0.2) is 30.3 Å². The summed E-state index contributed by atoms with van der Waals surface area (Å²) in [7, 11) is 0. The van der Waals surface area contributed by atoms with Crippen molar-refractivity contribution in [3.8, 4) is 0 Å². The SMILES string of the molecule is CCCC/C=C(/CCO)c1cccc(CO)c1. The zero-order valence-corrected chi connectivity index (χ0v) is 10.5. The van der Waals surface area contributed by atoms with E-state index in [0.29, 0.717) is 6.42 Å². The highest BCUT2D eigenvalue weighted by molar-refractivity contribution is 5.66. The number of allylic oxidation sites excluding steroid dienone is 1. The highest BCUT2D eigenvalue weighted by atomic mass is 16.3. The van der Waals surface area contributed by atoms with Crippen molar-refractivity contribution < 1.29 is 10.2 Å². The van der Waals surface area contributed by atoms with E-state index in [0.717, 1.165) is 17.5 Å². The van der Waals surface area contributed by atoms with E-state index < -0.39 is 0 Å². The van der Waals surface area contributed by atoms with Gasteiger partial charge in [0, 0.05) is 6.61 Å².